The number of nitrogens with zero attached hydrogens (tertiary/aromatic N) is 1. The van der Waals surface area contributed by atoms with Crippen LogP contribution < -0.4 is 5.32 Å². The normalized spacial score (nSPS) is 21.2. The van der Waals surface area contributed by atoms with Crippen molar-refractivity contribution < 1.29 is 42.9 Å². The minimum Gasteiger partial charge on any atom is -0.464 e. The van der Waals surface area contributed by atoms with Gasteiger partial charge in [0.25, 0.3) is 0 Å². The molecule has 0 bridgehead atoms. The molecule has 1 fully saturated rings. The molecule has 1 rings (SSSR count). The van der Waals surface area contributed by atoms with E-state index in [1.807, 2.05) is 0 Å². The predicted octanol–water partition coefficient (Wildman–Crippen LogP) is 0.803. The highest BCUT2D eigenvalue weighted by atomic mass is 16.6. The van der Waals surface area contributed by atoms with Gasteiger partial charge in [-0.2, -0.15) is 0 Å². The summed E-state index contributed by atoms with van der Waals surface area (Å²) in [5.41, 5.74) is -0.719. The van der Waals surface area contributed by atoms with Crippen LogP contribution in [0.4, 0.5) is 4.79 Å². The highest BCUT2D eigenvalue weighted by Gasteiger charge is 2.47. The van der Waals surface area contributed by atoms with Gasteiger partial charge in [0.1, 0.15) is 31.0 Å². The van der Waals surface area contributed by atoms with E-state index in [1.165, 1.54) is 24.9 Å². The Labute approximate surface area is 188 Å². The average Bonchev–Trinajstić information content (AvgIpc) is 3.11. The summed E-state index contributed by atoms with van der Waals surface area (Å²) in [7, 11) is 1.49. The number of amides is 2. The molecule has 0 radical (unpaired) electrons. The molecule has 1 aliphatic rings. The number of likely N-dealkylation sites (N-methyl/N-ethyl adjacent to an activating group) is 1. The number of nitrogens with one attached hydrogen (secondary N) is 1. The number of esters is 2. The van der Waals surface area contributed by atoms with E-state index < -0.39 is 60.4 Å². The first-order valence-corrected chi connectivity index (χ1v) is 10.3. The highest BCUT2D eigenvalue weighted by molar-refractivity contribution is 5.86. The van der Waals surface area contributed by atoms with E-state index in [0.29, 0.717) is 0 Å². The van der Waals surface area contributed by atoms with E-state index >= 15 is 0 Å². The fourth-order valence-electron chi connectivity index (χ4n) is 2.93. The number of rotatable bonds is 10. The molecule has 0 aromatic carbocycles. The van der Waals surface area contributed by atoms with Crippen molar-refractivity contribution >= 4 is 23.9 Å². The Hall–Kier alpha value is -2.66. The Bertz CT molecular complexity index is 689. The summed E-state index contributed by atoms with van der Waals surface area (Å²) < 4.78 is 26.2. The largest absolute Gasteiger partial charge is 0.464 e. The maximum absolute atomic E-state index is 12.9. The maximum atomic E-state index is 12.9. The van der Waals surface area contributed by atoms with Gasteiger partial charge in [0, 0.05) is 7.05 Å². The first-order chi connectivity index (χ1) is 14.9. The van der Waals surface area contributed by atoms with Crippen LogP contribution in [-0.2, 0) is 38.1 Å². The van der Waals surface area contributed by atoms with Crippen molar-refractivity contribution in [2.45, 2.75) is 64.5 Å². The van der Waals surface area contributed by atoms with Gasteiger partial charge in [0.05, 0.1) is 19.3 Å². The van der Waals surface area contributed by atoms with Crippen molar-refractivity contribution in [1.82, 2.24) is 10.2 Å². The van der Waals surface area contributed by atoms with Crippen molar-refractivity contribution in [2.24, 2.45) is 0 Å². The van der Waals surface area contributed by atoms with Gasteiger partial charge >= 0.3 is 18.0 Å². The molecule has 1 heterocycles. The number of hydrogen-bond acceptors (Lipinski definition) is 9. The van der Waals surface area contributed by atoms with E-state index in [9.17, 15) is 19.2 Å². The Kier molecular flexibility index (Phi) is 10.6. The lowest BCUT2D eigenvalue weighted by Crippen LogP contribution is -2.54. The second-order valence-corrected chi connectivity index (χ2v) is 8.14. The van der Waals surface area contributed by atoms with Crippen molar-refractivity contribution in [3.05, 3.63) is 12.7 Å². The fraction of sp³-hybridized carbons (Fsp3) is 0.714. The summed E-state index contributed by atoms with van der Waals surface area (Å²) in [4.78, 5) is 50.3. The summed E-state index contributed by atoms with van der Waals surface area (Å²) in [6, 6.07) is -1.64. The maximum Gasteiger partial charge on any atom is 0.408 e. The monoisotopic (exact) mass is 458 g/mol. The van der Waals surface area contributed by atoms with Crippen LogP contribution in [-0.4, -0.2) is 92.2 Å². The number of carbonyl (C=O) groups excluding carboxylic acids is 4. The zero-order valence-corrected chi connectivity index (χ0v) is 19.5. The third-order valence-electron chi connectivity index (χ3n) is 4.35. The first-order valence-electron chi connectivity index (χ1n) is 10.3. The van der Waals surface area contributed by atoms with Crippen LogP contribution in [0.3, 0.4) is 0 Å². The van der Waals surface area contributed by atoms with Gasteiger partial charge in [0.2, 0.25) is 5.91 Å². The highest BCUT2D eigenvalue weighted by Crippen LogP contribution is 2.24. The van der Waals surface area contributed by atoms with E-state index in [4.69, 9.17) is 23.7 Å². The molecule has 1 aliphatic heterocycles. The van der Waals surface area contributed by atoms with Crippen molar-refractivity contribution in [2.75, 3.05) is 33.5 Å². The zero-order chi connectivity index (χ0) is 24.5. The van der Waals surface area contributed by atoms with Gasteiger partial charge in [-0.05, 0) is 34.6 Å². The van der Waals surface area contributed by atoms with Crippen LogP contribution >= 0.6 is 0 Å². The lowest BCUT2D eigenvalue weighted by molar-refractivity contribution is -0.165. The van der Waals surface area contributed by atoms with Gasteiger partial charge in [-0.25, -0.2) is 14.4 Å². The minimum absolute atomic E-state index is 0.0282. The number of hydrogen-bond donors (Lipinski definition) is 1. The lowest BCUT2D eigenvalue weighted by atomic mass is 10.1. The number of ether oxygens (including phenoxy) is 5. The molecule has 4 atom stereocenters. The Morgan fingerprint density at radius 3 is 2.47 bits per heavy atom. The van der Waals surface area contributed by atoms with Crippen molar-refractivity contribution in [3.63, 3.8) is 0 Å². The third kappa shape index (κ3) is 8.46. The summed E-state index contributed by atoms with van der Waals surface area (Å²) in [5, 5.41) is 2.47. The summed E-state index contributed by atoms with van der Waals surface area (Å²) in [6.07, 6.45) is -1.48. The van der Waals surface area contributed by atoms with Crippen LogP contribution in [0.25, 0.3) is 0 Å². The lowest BCUT2D eigenvalue weighted by Gasteiger charge is -2.31. The standard InChI is InChI=1S/C21H34N2O9/c1-8-10-29-19(26)17-16(31-12-15(24)28-9-2)14(11-30-17)23(7)18(25)13(3)22-20(27)32-21(4,5)6/h8,13-14,16-17H,1,9-12H2,2-7H3,(H,22,27)/t13-,14+,16-,17-/m1/s1. The van der Waals surface area contributed by atoms with Crippen molar-refractivity contribution in [1.29, 1.82) is 0 Å². The molecule has 32 heavy (non-hydrogen) atoms. The van der Waals surface area contributed by atoms with Gasteiger partial charge in [-0.15, -0.1) is 0 Å². The molecule has 0 saturated carbocycles. The van der Waals surface area contributed by atoms with E-state index in [2.05, 4.69) is 11.9 Å². The molecule has 182 valence electrons. The van der Waals surface area contributed by atoms with Crippen LogP contribution in [0, 0.1) is 0 Å². The molecule has 0 spiro atoms. The molecule has 2 amide bonds. The summed E-state index contributed by atoms with van der Waals surface area (Å²) >= 11 is 0. The predicted molar refractivity (Wildman–Crippen MR) is 113 cm³/mol. The molecular formula is C21H34N2O9. The number of alkyl carbamates (subject to hydrolysis) is 1. The molecule has 0 unspecified atom stereocenters. The van der Waals surface area contributed by atoms with E-state index in [1.54, 1.807) is 27.7 Å². The SMILES string of the molecule is C=CCOC(=O)[C@@H]1OC[C@H](N(C)C(=O)[C@@H](C)NC(=O)OC(C)(C)C)[C@H]1OCC(=O)OCC. The van der Waals surface area contributed by atoms with Gasteiger partial charge < -0.3 is 33.9 Å². The minimum atomic E-state index is -1.15. The van der Waals surface area contributed by atoms with Gasteiger partial charge in [-0.3, -0.25) is 4.79 Å². The smallest absolute Gasteiger partial charge is 0.408 e. The van der Waals surface area contributed by atoms with Crippen LogP contribution in [0.1, 0.15) is 34.6 Å². The van der Waals surface area contributed by atoms with E-state index in [0.717, 1.165) is 0 Å². The van der Waals surface area contributed by atoms with Crippen LogP contribution in [0.2, 0.25) is 0 Å². The fourth-order valence-corrected chi connectivity index (χ4v) is 2.93. The Balaban J connectivity index is 2.90. The van der Waals surface area contributed by atoms with Gasteiger partial charge in [-0.1, -0.05) is 12.7 Å². The summed E-state index contributed by atoms with van der Waals surface area (Å²) in [5.74, 6) is -1.79. The van der Waals surface area contributed by atoms with Crippen LogP contribution in [0.15, 0.2) is 12.7 Å². The molecule has 1 saturated heterocycles. The molecule has 0 aromatic rings. The molecule has 1 N–H and O–H groups in total. The summed E-state index contributed by atoms with van der Waals surface area (Å²) in [6.45, 7) is 11.4. The second-order valence-electron chi connectivity index (χ2n) is 8.14. The average molecular weight is 459 g/mol. The third-order valence-corrected chi connectivity index (χ3v) is 4.35. The van der Waals surface area contributed by atoms with Gasteiger partial charge in [0.15, 0.2) is 6.10 Å². The number of carbonyl (C=O) groups is 4. The quantitative estimate of drug-likeness (QED) is 0.287. The zero-order valence-electron chi connectivity index (χ0n) is 19.5. The topological polar surface area (TPSA) is 130 Å². The Morgan fingerprint density at radius 2 is 1.91 bits per heavy atom. The van der Waals surface area contributed by atoms with E-state index in [-0.39, 0.29) is 19.8 Å². The van der Waals surface area contributed by atoms with Crippen molar-refractivity contribution in [3.8, 4) is 0 Å². The first kappa shape index (κ1) is 27.4. The molecule has 11 heteroatoms. The van der Waals surface area contributed by atoms with Crippen LogP contribution in [0.5, 0.6) is 0 Å². The molecule has 11 nitrogen and oxygen atoms in total. The Morgan fingerprint density at radius 1 is 1.25 bits per heavy atom. The second kappa shape index (κ2) is 12.4. The molecule has 0 aliphatic carbocycles. The molecule has 0 aromatic heterocycles. The molecular weight excluding hydrogens is 424 g/mol.